The number of rotatable bonds is 4. The summed E-state index contributed by atoms with van der Waals surface area (Å²) in [5.41, 5.74) is -0.0170. The molecule has 144 valence electrons. The first-order valence-corrected chi connectivity index (χ1v) is 14.2. The summed E-state index contributed by atoms with van der Waals surface area (Å²) in [6.45, 7) is 8.58. The summed E-state index contributed by atoms with van der Waals surface area (Å²) in [6.07, 6.45) is 2.85. The highest BCUT2D eigenvalue weighted by Crippen LogP contribution is 2.44. The zero-order chi connectivity index (χ0) is 19.2. The predicted molar refractivity (Wildman–Crippen MR) is 104 cm³/mol. The number of carbonyl (C=O) groups excluding carboxylic acids is 1. The van der Waals surface area contributed by atoms with E-state index in [0.717, 1.165) is 24.8 Å². The molecule has 3 rings (SSSR count). The van der Waals surface area contributed by atoms with E-state index in [4.69, 9.17) is 4.43 Å². The monoisotopic (exact) mass is 395 g/mol. The molecule has 1 aromatic carbocycles. The summed E-state index contributed by atoms with van der Waals surface area (Å²) >= 11 is 0. The van der Waals surface area contributed by atoms with E-state index in [0.29, 0.717) is 19.4 Å². The van der Waals surface area contributed by atoms with Crippen molar-refractivity contribution >= 4 is 24.1 Å². The van der Waals surface area contributed by atoms with Gasteiger partial charge in [0.1, 0.15) is 5.54 Å². The minimum Gasteiger partial charge on any atom is -0.412 e. The maximum atomic E-state index is 13.4. The molecular formula is C19H29NO4SSi. The average molecular weight is 396 g/mol. The average Bonchev–Trinajstić information content (AvgIpc) is 2.90. The first kappa shape index (κ1) is 19.7. The molecule has 2 fully saturated rings. The van der Waals surface area contributed by atoms with E-state index in [-0.39, 0.29) is 16.8 Å². The molecule has 1 saturated carbocycles. The Bertz CT molecular complexity index is 785. The van der Waals surface area contributed by atoms with Crippen LogP contribution in [-0.2, 0) is 19.2 Å². The van der Waals surface area contributed by atoms with Crippen LogP contribution in [0.5, 0.6) is 0 Å². The molecule has 1 aliphatic carbocycles. The van der Waals surface area contributed by atoms with Crippen molar-refractivity contribution in [1.29, 1.82) is 0 Å². The Morgan fingerprint density at radius 3 is 2.35 bits per heavy atom. The fourth-order valence-corrected chi connectivity index (χ4v) is 7.26. The van der Waals surface area contributed by atoms with Crippen molar-refractivity contribution in [3.05, 3.63) is 29.8 Å². The third kappa shape index (κ3) is 3.42. The Kier molecular flexibility index (Phi) is 5.20. The molecule has 0 bridgehead atoms. The van der Waals surface area contributed by atoms with E-state index in [1.54, 1.807) is 24.3 Å². The molecule has 7 heteroatoms. The SMILES string of the molecule is Cc1ccc(S(=O)(=O)N2CCC[C@H](O[Si](C)(C)C)[C@]23CCCC3=O)cc1. The highest BCUT2D eigenvalue weighted by Gasteiger charge is 2.59. The fourth-order valence-electron chi connectivity index (χ4n) is 4.25. The largest absolute Gasteiger partial charge is 0.412 e. The molecule has 1 saturated heterocycles. The summed E-state index contributed by atoms with van der Waals surface area (Å²) in [7, 11) is -5.66. The third-order valence-electron chi connectivity index (χ3n) is 5.35. The molecule has 0 unspecified atom stereocenters. The van der Waals surface area contributed by atoms with Crippen LogP contribution in [-0.4, -0.2) is 45.0 Å². The number of hydrogen-bond donors (Lipinski definition) is 0. The Hall–Kier alpha value is -1.02. The van der Waals surface area contributed by atoms with Gasteiger partial charge in [-0.25, -0.2) is 8.42 Å². The van der Waals surface area contributed by atoms with Crippen LogP contribution >= 0.6 is 0 Å². The summed E-state index contributed by atoms with van der Waals surface area (Å²) in [5.74, 6) is 0.0242. The van der Waals surface area contributed by atoms with E-state index in [1.807, 2.05) is 6.92 Å². The van der Waals surface area contributed by atoms with Gasteiger partial charge in [-0.3, -0.25) is 4.79 Å². The normalized spacial score (nSPS) is 28.0. The zero-order valence-electron chi connectivity index (χ0n) is 16.1. The molecule has 0 radical (unpaired) electrons. The number of carbonyl (C=O) groups is 1. The van der Waals surface area contributed by atoms with Gasteiger partial charge in [0.2, 0.25) is 10.0 Å². The van der Waals surface area contributed by atoms with Gasteiger partial charge in [0.25, 0.3) is 0 Å². The van der Waals surface area contributed by atoms with Gasteiger partial charge >= 0.3 is 0 Å². The fraction of sp³-hybridized carbons (Fsp3) is 0.632. The Balaban J connectivity index is 2.07. The van der Waals surface area contributed by atoms with Gasteiger partial charge in [-0.2, -0.15) is 4.31 Å². The van der Waals surface area contributed by atoms with Gasteiger partial charge < -0.3 is 4.43 Å². The number of nitrogens with zero attached hydrogens (tertiary/aromatic N) is 1. The Morgan fingerprint density at radius 2 is 1.81 bits per heavy atom. The Labute approximate surface area is 157 Å². The number of benzene rings is 1. The first-order valence-electron chi connectivity index (χ1n) is 9.38. The lowest BCUT2D eigenvalue weighted by Gasteiger charge is -2.49. The number of aryl methyl sites for hydroxylation is 1. The summed E-state index contributed by atoms with van der Waals surface area (Å²) in [6, 6.07) is 6.88. The minimum absolute atomic E-state index is 0.0242. The summed E-state index contributed by atoms with van der Waals surface area (Å²) in [4.78, 5) is 13.3. The van der Waals surface area contributed by atoms with Crippen LogP contribution in [0.15, 0.2) is 29.2 Å². The molecule has 0 amide bonds. The van der Waals surface area contributed by atoms with Crippen molar-refractivity contribution in [3.8, 4) is 0 Å². The van der Waals surface area contributed by atoms with Crippen molar-refractivity contribution in [3.63, 3.8) is 0 Å². The van der Waals surface area contributed by atoms with Gasteiger partial charge in [-0.15, -0.1) is 0 Å². The van der Waals surface area contributed by atoms with Crippen LogP contribution < -0.4 is 0 Å². The topological polar surface area (TPSA) is 63.7 Å². The molecule has 0 aromatic heterocycles. The standard InChI is InChI=1S/C19H29NO4SSi/c1-15-9-11-16(12-10-15)25(22,23)20-14-6-8-18(24-26(2,3)4)19(20)13-5-7-17(19)21/h9-12,18H,5-8,13-14H2,1-4H3/t18-,19+/m0/s1. The molecule has 1 aromatic rings. The predicted octanol–water partition coefficient (Wildman–Crippen LogP) is 3.49. The number of Topliss-reactive ketones (excluding diaryl/α,β-unsaturated/α-hetero) is 1. The lowest BCUT2D eigenvalue weighted by Crippen LogP contribution is -2.66. The molecule has 2 aliphatic rings. The van der Waals surface area contributed by atoms with E-state index in [1.165, 1.54) is 4.31 Å². The van der Waals surface area contributed by atoms with E-state index in [9.17, 15) is 13.2 Å². The van der Waals surface area contributed by atoms with Crippen molar-refractivity contribution < 1.29 is 17.6 Å². The molecule has 2 atom stereocenters. The van der Waals surface area contributed by atoms with Crippen LogP contribution in [0, 0.1) is 6.92 Å². The van der Waals surface area contributed by atoms with Crippen LogP contribution in [0.3, 0.4) is 0 Å². The van der Waals surface area contributed by atoms with E-state index >= 15 is 0 Å². The molecular weight excluding hydrogens is 366 g/mol. The maximum absolute atomic E-state index is 13.4. The first-order chi connectivity index (χ1) is 12.1. The van der Waals surface area contributed by atoms with Gasteiger partial charge in [0, 0.05) is 13.0 Å². The molecule has 26 heavy (non-hydrogen) atoms. The van der Waals surface area contributed by atoms with Crippen molar-refractivity contribution in [2.45, 2.75) is 75.2 Å². The molecule has 5 nitrogen and oxygen atoms in total. The highest BCUT2D eigenvalue weighted by atomic mass is 32.2. The molecule has 1 spiro atoms. The third-order valence-corrected chi connectivity index (χ3v) is 8.30. The lowest BCUT2D eigenvalue weighted by molar-refractivity contribution is -0.133. The Morgan fingerprint density at radius 1 is 1.15 bits per heavy atom. The quantitative estimate of drug-likeness (QED) is 0.732. The lowest BCUT2D eigenvalue weighted by atomic mass is 9.83. The second kappa shape index (κ2) is 6.85. The van der Waals surface area contributed by atoms with Crippen LogP contribution in [0.1, 0.15) is 37.7 Å². The van der Waals surface area contributed by atoms with E-state index in [2.05, 4.69) is 19.6 Å². The van der Waals surface area contributed by atoms with Crippen LogP contribution in [0.25, 0.3) is 0 Å². The minimum atomic E-state index is -3.74. The van der Waals surface area contributed by atoms with Gasteiger partial charge in [0.15, 0.2) is 14.1 Å². The second-order valence-electron chi connectivity index (χ2n) is 8.45. The van der Waals surface area contributed by atoms with Crippen LogP contribution in [0.2, 0.25) is 19.6 Å². The van der Waals surface area contributed by atoms with Crippen molar-refractivity contribution in [2.75, 3.05) is 6.54 Å². The van der Waals surface area contributed by atoms with Gasteiger partial charge in [0.05, 0.1) is 11.0 Å². The molecule has 0 N–H and O–H groups in total. The molecule has 1 heterocycles. The number of piperidine rings is 1. The zero-order valence-corrected chi connectivity index (χ0v) is 17.9. The van der Waals surface area contributed by atoms with Gasteiger partial charge in [-0.1, -0.05) is 17.7 Å². The van der Waals surface area contributed by atoms with Gasteiger partial charge in [-0.05, 0) is 64.4 Å². The van der Waals surface area contributed by atoms with E-state index < -0.39 is 23.9 Å². The van der Waals surface area contributed by atoms with Crippen molar-refractivity contribution in [2.24, 2.45) is 0 Å². The number of hydrogen-bond acceptors (Lipinski definition) is 4. The number of ketones is 1. The second-order valence-corrected chi connectivity index (χ2v) is 14.8. The van der Waals surface area contributed by atoms with Crippen LogP contribution in [0.4, 0.5) is 0 Å². The molecule has 1 aliphatic heterocycles. The number of sulfonamides is 1. The maximum Gasteiger partial charge on any atom is 0.244 e. The smallest absolute Gasteiger partial charge is 0.244 e. The summed E-state index contributed by atoms with van der Waals surface area (Å²) < 4.78 is 34.8. The summed E-state index contributed by atoms with van der Waals surface area (Å²) in [5, 5.41) is 0. The van der Waals surface area contributed by atoms with Crippen molar-refractivity contribution in [1.82, 2.24) is 4.31 Å². The highest BCUT2D eigenvalue weighted by molar-refractivity contribution is 7.89.